The third kappa shape index (κ3) is 4.84. The Hall–Kier alpha value is -2.69. The number of nitrogens with zero attached hydrogens (tertiary/aromatic N) is 1. The van der Waals surface area contributed by atoms with E-state index in [-0.39, 0.29) is 12.6 Å². The maximum Gasteiger partial charge on any atom is 0.231 e. The number of fused-ring (bicyclic) bond motifs is 1. The van der Waals surface area contributed by atoms with Gasteiger partial charge in [0, 0.05) is 25.1 Å². The lowest BCUT2D eigenvalue weighted by atomic mass is 9.81. The van der Waals surface area contributed by atoms with Crippen LogP contribution in [-0.2, 0) is 0 Å². The first kappa shape index (κ1) is 19.6. The van der Waals surface area contributed by atoms with Crippen molar-refractivity contribution in [3.63, 3.8) is 0 Å². The molecule has 4 rings (SSSR count). The topological polar surface area (TPSA) is 30.9 Å². The summed E-state index contributed by atoms with van der Waals surface area (Å²) in [6.07, 6.45) is 5.45. The summed E-state index contributed by atoms with van der Waals surface area (Å²) in [4.78, 5) is 2.37. The molecule has 1 saturated heterocycles. The van der Waals surface area contributed by atoms with Crippen LogP contribution in [0, 0.1) is 17.7 Å². The highest BCUT2D eigenvalue weighted by Crippen LogP contribution is 2.37. The molecule has 4 nitrogen and oxygen atoms in total. The highest BCUT2D eigenvalue weighted by Gasteiger charge is 2.30. The average Bonchev–Trinajstić information content (AvgIpc) is 3.19. The monoisotopic (exact) mass is 397 g/mol. The fourth-order valence-corrected chi connectivity index (χ4v) is 3.98. The molecule has 2 aliphatic rings. The summed E-state index contributed by atoms with van der Waals surface area (Å²) >= 11 is 0. The number of halogens is 1. The predicted molar refractivity (Wildman–Crippen MR) is 111 cm³/mol. The molecular weight excluding hydrogens is 369 g/mol. The van der Waals surface area contributed by atoms with E-state index in [0.29, 0.717) is 24.4 Å². The SMILES string of the molecule is CC(C)C=CN1CC[C@H](c2ccc(F)cc2)[C@@H](COc2ccc3c(c2)OCO3)C1. The Bertz CT molecular complexity index is 850. The molecule has 0 radical (unpaired) electrons. The minimum Gasteiger partial charge on any atom is -0.493 e. The third-order valence-electron chi connectivity index (χ3n) is 5.55. The molecule has 2 aromatic rings. The van der Waals surface area contributed by atoms with E-state index in [0.717, 1.165) is 36.8 Å². The van der Waals surface area contributed by atoms with Crippen molar-refractivity contribution >= 4 is 0 Å². The Kier molecular flexibility index (Phi) is 5.93. The molecule has 1 fully saturated rings. The van der Waals surface area contributed by atoms with Gasteiger partial charge in [0.1, 0.15) is 11.6 Å². The number of likely N-dealkylation sites (tertiary alicyclic amines) is 1. The van der Waals surface area contributed by atoms with Gasteiger partial charge in [-0.1, -0.05) is 32.1 Å². The van der Waals surface area contributed by atoms with Crippen LogP contribution in [0.25, 0.3) is 0 Å². The summed E-state index contributed by atoms with van der Waals surface area (Å²) in [5.41, 5.74) is 1.18. The van der Waals surface area contributed by atoms with Gasteiger partial charge in [-0.2, -0.15) is 0 Å². The van der Waals surface area contributed by atoms with E-state index in [9.17, 15) is 4.39 Å². The average molecular weight is 397 g/mol. The molecule has 2 aromatic carbocycles. The van der Waals surface area contributed by atoms with Crippen LogP contribution >= 0.6 is 0 Å². The molecular formula is C24H28FNO3. The van der Waals surface area contributed by atoms with Crippen molar-refractivity contribution in [2.45, 2.75) is 26.2 Å². The van der Waals surface area contributed by atoms with Gasteiger partial charge in [0.15, 0.2) is 11.5 Å². The van der Waals surface area contributed by atoms with E-state index >= 15 is 0 Å². The molecule has 0 aliphatic carbocycles. The first-order valence-corrected chi connectivity index (χ1v) is 10.3. The van der Waals surface area contributed by atoms with Crippen LogP contribution in [0.15, 0.2) is 54.7 Å². The first-order chi connectivity index (χ1) is 14.1. The number of allylic oxidation sites excluding steroid dienone is 1. The van der Waals surface area contributed by atoms with Crippen molar-refractivity contribution in [3.05, 3.63) is 66.1 Å². The minimum atomic E-state index is -0.195. The van der Waals surface area contributed by atoms with Gasteiger partial charge < -0.3 is 19.1 Å². The van der Waals surface area contributed by atoms with Gasteiger partial charge in [-0.25, -0.2) is 4.39 Å². The van der Waals surface area contributed by atoms with Crippen molar-refractivity contribution in [2.75, 3.05) is 26.5 Å². The Balaban J connectivity index is 1.48. The Morgan fingerprint density at radius 2 is 1.93 bits per heavy atom. The summed E-state index contributed by atoms with van der Waals surface area (Å²) in [5.74, 6) is 3.23. The van der Waals surface area contributed by atoms with Crippen LogP contribution in [0.3, 0.4) is 0 Å². The van der Waals surface area contributed by atoms with E-state index in [2.05, 4.69) is 31.0 Å². The number of ether oxygens (including phenoxy) is 3. The maximum absolute atomic E-state index is 13.4. The van der Waals surface area contributed by atoms with Gasteiger partial charge in [-0.05, 0) is 54.3 Å². The Labute approximate surface area is 171 Å². The molecule has 2 aliphatic heterocycles. The summed E-state index contributed by atoms with van der Waals surface area (Å²) in [5, 5.41) is 0. The highest BCUT2D eigenvalue weighted by molar-refractivity contribution is 5.46. The lowest BCUT2D eigenvalue weighted by molar-refractivity contribution is 0.141. The number of hydrogen-bond acceptors (Lipinski definition) is 4. The van der Waals surface area contributed by atoms with Gasteiger partial charge in [-0.3, -0.25) is 0 Å². The van der Waals surface area contributed by atoms with Crippen molar-refractivity contribution < 1.29 is 18.6 Å². The van der Waals surface area contributed by atoms with Crippen molar-refractivity contribution in [1.29, 1.82) is 0 Å². The summed E-state index contributed by atoms with van der Waals surface area (Å²) in [6.45, 7) is 7.12. The molecule has 0 bridgehead atoms. The van der Waals surface area contributed by atoms with Crippen molar-refractivity contribution in [2.24, 2.45) is 11.8 Å². The van der Waals surface area contributed by atoms with Crippen LogP contribution in [-0.4, -0.2) is 31.4 Å². The molecule has 0 amide bonds. The third-order valence-corrected chi connectivity index (χ3v) is 5.55. The van der Waals surface area contributed by atoms with Crippen molar-refractivity contribution in [1.82, 2.24) is 4.90 Å². The lowest BCUT2D eigenvalue weighted by Crippen LogP contribution is -2.39. The fraction of sp³-hybridized carbons (Fsp3) is 0.417. The summed E-state index contributed by atoms with van der Waals surface area (Å²) < 4.78 is 30.4. The molecule has 0 spiro atoms. The largest absolute Gasteiger partial charge is 0.493 e. The Morgan fingerprint density at radius 1 is 1.14 bits per heavy atom. The minimum absolute atomic E-state index is 0.195. The molecule has 154 valence electrons. The standard InChI is InChI=1S/C24H28FNO3/c1-17(2)9-11-26-12-10-22(18-3-5-20(25)6-4-18)19(14-26)15-27-21-7-8-23-24(13-21)29-16-28-23/h3-9,11,13,17,19,22H,10,12,14-16H2,1-2H3/t19-,22-/m1/s1. The second kappa shape index (κ2) is 8.76. The first-order valence-electron chi connectivity index (χ1n) is 10.3. The summed E-state index contributed by atoms with van der Waals surface area (Å²) in [7, 11) is 0. The fourth-order valence-electron chi connectivity index (χ4n) is 3.98. The van der Waals surface area contributed by atoms with E-state index in [1.165, 1.54) is 5.56 Å². The van der Waals surface area contributed by atoms with Crippen LogP contribution in [0.4, 0.5) is 4.39 Å². The molecule has 29 heavy (non-hydrogen) atoms. The molecule has 2 heterocycles. The molecule has 5 heteroatoms. The molecule has 0 unspecified atom stereocenters. The van der Waals surface area contributed by atoms with E-state index < -0.39 is 0 Å². The quantitative estimate of drug-likeness (QED) is 0.670. The number of hydrogen-bond donors (Lipinski definition) is 0. The molecule has 2 atom stereocenters. The van der Waals surface area contributed by atoms with Gasteiger partial charge in [0.05, 0.1) is 6.61 Å². The van der Waals surface area contributed by atoms with E-state index in [1.807, 2.05) is 30.3 Å². The number of benzene rings is 2. The molecule has 0 aromatic heterocycles. The zero-order valence-corrected chi connectivity index (χ0v) is 17.0. The van der Waals surface area contributed by atoms with Gasteiger partial charge >= 0.3 is 0 Å². The highest BCUT2D eigenvalue weighted by atomic mass is 19.1. The van der Waals surface area contributed by atoms with E-state index in [1.54, 1.807) is 12.1 Å². The van der Waals surface area contributed by atoms with Gasteiger partial charge in [0.2, 0.25) is 6.79 Å². The second-order valence-electron chi connectivity index (χ2n) is 8.11. The lowest BCUT2D eigenvalue weighted by Gasteiger charge is -2.38. The molecule has 0 saturated carbocycles. The maximum atomic E-state index is 13.4. The normalized spacial score (nSPS) is 21.2. The predicted octanol–water partition coefficient (Wildman–Crippen LogP) is 5.21. The molecule has 0 N–H and O–H groups in total. The van der Waals surface area contributed by atoms with Crippen LogP contribution < -0.4 is 14.2 Å². The number of piperidine rings is 1. The smallest absolute Gasteiger partial charge is 0.231 e. The van der Waals surface area contributed by atoms with Gasteiger partial charge in [-0.15, -0.1) is 0 Å². The van der Waals surface area contributed by atoms with Crippen LogP contribution in [0.2, 0.25) is 0 Å². The number of rotatable bonds is 6. The Morgan fingerprint density at radius 3 is 2.72 bits per heavy atom. The zero-order chi connectivity index (χ0) is 20.2. The zero-order valence-electron chi connectivity index (χ0n) is 17.0. The van der Waals surface area contributed by atoms with Crippen LogP contribution in [0.5, 0.6) is 17.2 Å². The van der Waals surface area contributed by atoms with Crippen molar-refractivity contribution in [3.8, 4) is 17.2 Å². The summed E-state index contributed by atoms with van der Waals surface area (Å²) in [6, 6.07) is 12.6. The van der Waals surface area contributed by atoms with Crippen LogP contribution in [0.1, 0.15) is 31.7 Å². The van der Waals surface area contributed by atoms with Gasteiger partial charge in [0.25, 0.3) is 0 Å². The van der Waals surface area contributed by atoms with E-state index in [4.69, 9.17) is 14.2 Å². The second-order valence-corrected chi connectivity index (χ2v) is 8.11.